The number of unbranched alkanes of at least 4 members (excludes halogenated alkanes) is 1. The SMILES string of the molecule is CCCCNc1ncc2c(n1)c(C1CCCCC1)cn2-c1ccc(F)cc1. The maximum atomic E-state index is 13.4. The van der Waals surface area contributed by atoms with Gasteiger partial charge in [0.1, 0.15) is 5.82 Å². The number of nitrogens with one attached hydrogen (secondary N) is 1. The van der Waals surface area contributed by atoms with Gasteiger partial charge >= 0.3 is 0 Å². The van der Waals surface area contributed by atoms with E-state index in [-0.39, 0.29) is 5.82 Å². The second kappa shape index (κ2) is 8.07. The first-order valence-electron chi connectivity index (χ1n) is 10.1. The van der Waals surface area contributed by atoms with Crippen LogP contribution in [0.3, 0.4) is 0 Å². The average molecular weight is 366 g/mol. The molecule has 5 heteroatoms. The molecular formula is C22H27FN4. The number of benzene rings is 1. The highest BCUT2D eigenvalue weighted by Crippen LogP contribution is 2.37. The summed E-state index contributed by atoms with van der Waals surface area (Å²) in [6, 6.07) is 6.63. The normalized spacial score (nSPS) is 15.3. The molecule has 2 aromatic heterocycles. The Morgan fingerprint density at radius 2 is 1.93 bits per heavy atom. The van der Waals surface area contributed by atoms with E-state index < -0.39 is 0 Å². The van der Waals surface area contributed by atoms with Gasteiger partial charge in [0.05, 0.1) is 17.2 Å². The lowest BCUT2D eigenvalue weighted by molar-refractivity contribution is 0.445. The first kappa shape index (κ1) is 18.0. The smallest absolute Gasteiger partial charge is 0.223 e. The van der Waals surface area contributed by atoms with Gasteiger partial charge in [-0.3, -0.25) is 0 Å². The molecule has 1 aliphatic rings. The molecule has 1 saturated carbocycles. The Balaban J connectivity index is 1.77. The van der Waals surface area contributed by atoms with Crippen LogP contribution in [0.25, 0.3) is 16.7 Å². The Bertz CT molecular complexity index is 895. The zero-order valence-electron chi connectivity index (χ0n) is 15.9. The minimum atomic E-state index is -0.221. The zero-order chi connectivity index (χ0) is 18.6. The topological polar surface area (TPSA) is 42.7 Å². The van der Waals surface area contributed by atoms with E-state index >= 15 is 0 Å². The maximum Gasteiger partial charge on any atom is 0.223 e. The quantitative estimate of drug-likeness (QED) is 0.559. The van der Waals surface area contributed by atoms with E-state index in [9.17, 15) is 4.39 Å². The predicted octanol–water partition coefficient (Wildman–Crippen LogP) is 5.82. The van der Waals surface area contributed by atoms with Crippen molar-refractivity contribution >= 4 is 17.0 Å². The summed E-state index contributed by atoms with van der Waals surface area (Å²) in [5, 5.41) is 3.34. The summed E-state index contributed by atoms with van der Waals surface area (Å²) in [6.45, 7) is 3.06. The van der Waals surface area contributed by atoms with Crippen LogP contribution in [0.5, 0.6) is 0 Å². The molecule has 0 atom stereocenters. The van der Waals surface area contributed by atoms with Gasteiger partial charge in [-0.1, -0.05) is 32.6 Å². The molecule has 0 bridgehead atoms. The minimum Gasteiger partial charge on any atom is -0.354 e. The van der Waals surface area contributed by atoms with Crippen molar-refractivity contribution < 1.29 is 4.39 Å². The molecule has 1 aromatic carbocycles. The van der Waals surface area contributed by atoms with Crippen molar-refractivity contribution in [2.45, 2.75) is 57.8 Å². The summed E-state index contributed by atoms with van der Waals surface area (Å²) in [7, 11) is 0. The molecule has 0 unspecified atom stereocenters. The fraction of sp³-hybridized carbons (Fsp3) is 0.455. The van der Waals surface area contributed by atoms with Crippen LogP contribution in [-0.2, 0) is 0 Å². The Morgan fingerprint density at radius 3 is 2.67 bits per heavy atom. The second-order valence-electron chi connectivity index (χ2n) is 7.47. The van der Waals surface area contributed by atoms with Gasteiger partial charge in [0.15, 0.2) is 0 Å². The Hall–Kier alpha value is -2.43. The largest absolute Gasteiger partial charge is 0.354 e. The number of hydrogen-bond acceptors (Lipinski definition) is 3. The van der Waals surface area contributed by atoms with Crippen molar-refractivity contribution in [2.75, 3.05) is 11.9 Å². The molecule has 4 rings (SSSR count). The highest BCUT2D eigenvalue weighted by atomic mass is 19.1. The highest BCUT2D eigenvalue weighted by molar-refractivity contribution is 5.82. The van der Waals surface area contributed by atoms with Crippen LogP contribution in [-0.4, -0.2) is 21.1 Å². The van der Waals surface area contributed by atoms with Crippen LogP contribution in [0.2, 0.25) is 0 Å². The molecule has 3 aromatic rings. The predicted molar refractivity (Wildman–Crippen MR) is 108 cm³/mol. The first-order valence-corrected chi connectivity index (χ1v) is 10.1. The summed E-state index contributed by atoms with van der Waals surface area (Å²) < 4.78 is 15.5. The molecule has 142 valence electrons. The van der Waals surface area contributed by atoms with Crippen LogP contribution in [0.4, 0.5) is 10.3 Å². The molecule has 2 heterocycles. The van der Waals surface area contributed by atoms with Gasteiger partial charge in [-0.15, -0.1) is 0 Å². The molecule has 0 spiro atoms. The number of nitrogens with zero attached hydrogens (tertiary/aromatic N) is 3. The van der Waals surface area contributed by atoms with Crippen LogP contribution < -0.4 is 5.32 Å². The van der Waals surface area contributed by atoms with E-state index in [0.717, 1.165) is 36.1 Å². The van der Waals surface area contributed by atoms with Crippen molar-refractivity contribution in [3.63, 3.8) is 0 Å². The van der Waals surface area contributed by atoms with Gasteiger partial charge in [-0.2, -0.15) is 0 Å². The third kappa shape index (κ3) is 3.82. The summed E-state index contributed by atoms with van der Waals surface area (Å²) in [4.78, 5) is 9.39. The second-order valence-corrected chi connectivity index (χ2v) is 7.47. The lowest BCUT2D eigenvalue weighted by Gasteiger charge is -2.20. The summed E-state index contributed by atoms with van der Waals surface area (Å²) in [6.07, 6.45) is 12.6. The number of halogens is 1. The fourth-order valence-corrected chi connectivity index (χ4v) is 4.02. The van der Waals surface area contributed by atoms with Crippen LogP contribution >= 0.6 is 0 Å². The van der Waals surface area contributed by atoms with Gasteiger partial charge in [-0.05, 0) is 55.0 Å². The lowest BCUT2D eigenvalue weighted by atomic mass is 9.85. The van der Waals surface area contributed by atoms with E-state index in [2.05, 4.69) is 28.0 Å². The molecule has 0 aliphatic heterocycles. The van der Waals surface area contributed by atoms with Gasteiger partial charge in [-0.25, -0.2) is 14.4 Å². The first-order chi connectivity index (χ1) is 13.3. The molecule has 1 fully saturated rings. The van der Waals surface area contributed by atoms with E-state index in [0.29, 0.717) is 11.9 Å². The molecule has 1 N–H and O–H groups in total. The summed E-state index contributed by atoms with van der Waals surface area (Å²) in [5.41, 5.74) is 4.26. The van der Waals surface area contributed by atoms with E-state index in [4.69, 9.17) is 4.98 Å². The number of fused-ring (bicyclic) bond motifs is 1. The number of rotatable bonds is 6. The van der Waals surface area contributed by atoms with E-state index in [1.807, 2.05) is 18.3 Å². The van der Waals surface area contributed by atoms with E-state index in [1.165, 1.54) is 49.8 Å². The highest BCUT2D eigenvalue weighted by Gasteiger charge is 2.22. The Labute approximate surface area is 159 Å². The van der Waals surface area contributed by atoms with E-state index in [1.54, 1.807) is 0 Å². The van der Waals surface area contributed by atoms with Crippen molar-refractivity contribution in [3.05, 3.63) is 48.0 Å². The summed E-state index contributed by atoms with van der Waals surface area (Å²) in [5.74, 6) is 1.02. The number of aromatic nitrogens is 3. The average Bonchev–Trinajstić information content (AvgIpc) is 3.08. The van der Waals surface area contributed by atoms with Crippen molar-refractivity contribution in [1.82, 2.24) is 14.5 Å². The van der Waals surface area contributed by atoms with Gasteiger partial charge in [0, 0.05) is 18.4 Å². The molecule has 4 nitrogen and oxygen atoms in total. The van der Waals surface area contributed by atoms with Gasteiger partial charge in [0.2, 0.25) is 5.95 Å². The third-order valence-electron chi connectivity index (χ3n) is 5.53. The van der Waals surface area contributed by atoms with Crippen LogP contribution in [0, 0.1) is 5.82 Å². The molecule has 0 radical (unpaired) electrons. The van der Waals surface area contributed by atoms with Crippen molar-refractivity contribution in [1.29, 1.82) is 0 Å². The number of hydrogen-bond donors (Lipinski definition) is 1. The van der Waals surface area contributed by atoms with Crippen molar-refractivity contribution in [3.8, 4) is 5.69 Å². The Morgan fingerprint density at radius 1 is 1.15 bits per heavy atom. The zero-order valence-corrected chi connectivity index (χ0v) is 15.9. The van der Waals surface area contributed by atoms with Gasteiger partial charge < -0.3 is 9.88 Å². The monoisotopic (exact) mass is 366 g/mol. The fourth-order valence-electron chi connectivity index (χ4n) is 4.02. The maximum absolute atomic E-state index is 13.4. The minimum absolute atomic E-state index is 0.221. The molecule has 1 aliphatic carbocycles. The van der Waals surface area contributed by atoms with Crippen LogP contribution in [0.15, 0.2) is 36.7 Å². The molecular weight excluding hydrogens is 339 g/mol. The Kier molecular flexibility index (Phi) is 5.37. The third-order valence-corrected chi connectivity index (χ3v) is 5.53. The summed E-state index contributed by atoms with van der Waals surface area (Å²) >= 11 is 0. The van der Waals surface area contributed by atoms with Crippen molar-refractivity contribution in [2.24, 2.45) is 0 Å². The lowest BCUT2D eigenvalue weighted by Crippen LogP contribution is -2.06. The molecule has 0 amide bonds. The standard InChI is InChI=1S/C22H27FN4/c1-2-3-13-24-22-25-14-20-21(26-22)19(16-7-5-4-6-8-16)15-27(20)18-11-9-17(23)10-12-18/h9-12,14-16H,2-8,13H2,1H3,(H,24,25,26). The van der Waals surface area contributed by atoms with Gasteiger partial charge in [0.25, 0.3) is 0 Å². The van der Waals surface area contributed by atoms with Crippen LogP contribution in [0.1, 0.15) is 63.4 Å². The molecule has 0 saturated heterocycles. The molecule has 27 heavy (non-hydrogen) atoms. The number of anilines is 1.